The molecule has 0 bridgehead atoms. The molecule has 0 saturated carbocycles. The molecule has 11 rings (SSSR count). The van der Waals surface area contributed by atoms with Crippen LogP contribution < -0.4 is 20.9 Å². The molecule has 3 amide bonds. The summed E-state index contributed by atoms with van der Waals surface area (Å²) in [6.45, 7) is 21.2. The van der Waals surface area contributed by atoms with Gasteiger partial charge in [-0.05, 0) is 195 Å². The minimum absolute atomic E-state index is 0.0962. The highest BCUT2D eigenvalue weighted by Crippen LogP contribution is 2.47. The van der Waals surface area contributed by atoms with Crippen molar-refractivity contribution in [2.75, 3.05) is 47.9 Å². The van der Waals surface area contributed by atoms with Crippen LogP contribution in [0.25, 0.3) is 43.8 Å². The molecular weight excluding hydrogens is 1880 g/mol. The van der Waals surface area contributed by atoms with Crippen molar-refractivity contribution in [3.05, 3.63) is 247 Å². The quantitative estimate of drug-likeness (QED) is 0.0135. The van der Waals surface area contributed by atoms with Gasteiger partial charge in [0.05, 0.1) is 36.8 Å². The number of nitrogens with one attached hydrogen (secondary N) is 3. The minimum atomic E-state index is -4.40. The molecule has 2 aliphatic heterocycles. The van der Waals surface area contributed by atoms with E-state index >= 15 is 0 Å². The van der Waals surface area contributed by atoms with Gasteiger partial charge in [0.25, 0.3) is 11.8 Å². The van der Waals surface area contributed by atoms with Crippen molar-refractivity contribution in [2.24, 2.45) is 4.99 Å². The first-order valence-corrected chi connectivity index (χ1v) is 48.4. The fourth-order valence-electron chi connectivity index (χ4n) is 13.4. The SMILES string of the molecule is C(/C=C/Nc1ccccc1)=Nc1ccccc1.CCCC(=O)c1cc(-c2ccc3c4c(ccc3c2)[N+](CCCS(=O)(=O)[O-])=C(/C=C/C=C/N(C(C)=O)c2ccccc2)C4(C)C)cc(C(=O)NCC)n1.CCCC(=O)c1cc(-c2ccc3c4c(ccc3c2)[N+](CCCS(=O)(=O)[O-])=C(C)C4(C)C)cc(C(=O)NCC)n1.O=S(=O)=O.O=S(=O)=O.O=S(=O)=O.O=S(=O)=O.O=S(=O)=O.O=S(=O)=O. The summed E-state index contributed by atoms with van der Waals surface area (Å²) in [6, 6.07) is 56.3. The van der Waals surface area contributed by atoms with Gasteiger partial charge in [-0.1, -0.05) is 98.8 Å². The second kappa shape index (κ2) is 55.6. The number of hydrogen-bond acceptors (Lipinski definition) is 33. The van der Waals surface area contributed by atoms with Gasteiger partial charge in [0.1, 0.15) is 35.9 Å². The number of aliphatic imine (C=N–C) groups is 1. The Morgan fingerprint density at radius 3 is 1.23 bits per heavy atom. The summed E-state index contributed by atoms with van der Waals surface area (Å²) in [5, 5.41) is 12.7. The molecule has 0 saturated heterocycles. The first kappa shape index (κ1) is 113. The van der Waals surface area contributed by atoms with Crippen molar-refractivity contribution in [3.63, 3.8) is 0 Å². The van der Waals surface area contributed by atoms with E-state index in [0.29, 0.717) is 57.4 Å². The van der Waals surface area contributed by atoms with Crippen LogP contribution in [0.15, 0.2) is 218 Å². The van der Waals surface area contributed by atoms with Gasteiger partial charge in [-0.2, -0.15) is 9.15 Å². The molecule has 46 heteroatoms. The van der Waals surface area contributed by atoms with Gasteiger partial charge in [0, 0.05) is 123 Å². The molecule has 0 radical (unpaired) electrons. The van der Waals surface area contributed by atoms with Crippen LogP contribution in [0.1, 0.15) is 161 Å². The van der Waals surface area contributed by atoms with E-state index < -0.39 is 101 Å². The zero-order chi connectivity index (χ0) is 99.4. The third-order valence-corrected chi connectivity index (χ3v) is 20.3. The van der Waals surface area contributed by atoms with Crippen LogP contribution in [0.3, 0.4) is 0 Å². The van der Waals surface area contributed by atoms with Gasteiger partial charge in [0.15, 0.2) is 23.0 Å². The van der Waals surface area contributed by atoms with E-state index in [4.69, 9.17) is 75.8 Å². The summed E-state index contributed by atoms with van der Waals surface area (Å²) >= 11 is 0. The van der Waals surface area contributed by atoms with Gasteiger partial charge < -0.3 is 25.1 Å². The number of amides is 3. The molecule has 704 valence electrons. The number of Topliss-reactive ketones (excluding diaryl/α,β-unsaturated/α-hetero) is 2. The van der Waals surface area contributed by atoms with E-state index in [1.807, 2.05) is 199 Å². The molecule has 2 aliphatic rings. The summed E-state index contributed by atoms with van der Waals surface area (Å²) in [7, 11) is -27.3. The van der Waals surface area contributed by atoms with Crippen molar-refractivity contribution < 1.29 is 135 Å². The van der Waals surface area contributed by atoms with E-state index in [0.717, 1.165) is 89.2 Å². The summed E-state index contributed by atoms with van der Waals surface area (Å²) in [5.41, 5.74) is 12.1. The molecule has 0 aliphatic carbocycles. The molecule has 9 aromatic rings. The van der Waals surface area contributed by atoms with Crippen LogP contribution >= 0.6 is 0 Å². The van der Waals surface area contributed by atoms with Gasteiger partial charge in [-0.3, -0.25) is 33.9 Å². The highest BCUT2D eigenvalue weighted by molar-refractivity contribution is 7.85. The lowest BCUT2D eigenvalue weighted by Gasteiger charge is -2.18. The topological polar surface area (TPSA) is 590 Å². The molecule has 0 unspecified atom stereocenters. The van der Waals surface area contributed by atoms with E-state index in [1.54, 1.807) is 47.7 Å². The zero-order valence-corrected chi connectivity index (χ0v) is 79.1. The number of nitrogens with zero attached hydrogens (tertiary/aromatic N) is 6. The van der Waals surface area contributed by atoms with E-state index in [1.165, 1.54) is 6.92 Å². The summed E-state index contributed by atoms with van der Waals surface area (Å²) in [4.78, 5) is 78.0. The number of rotatable bonds is 28. The Hall–Kier alpha value is -13.3. The van der Waals surface area contributed by atoms with E-state index in [2.05, 4.69) is 79.9 Å². The zero-order valence-electron chi connectivity index (χ0n) is 72.6. The van der Waals surface area contributed by atoms with Crippen LogP contribution in [0.2, 0.25) is 0 Å². The van der Waals surface area contributed by atoms with Crippen molar-refractivity contribution in [3.8, 4) is 22.3 Å². The first-order valence-electron chi connectivity index (χ1n) is 39.3. The predicted molar refractivity (Wildman–Crippen MR) is 488 cm³/mol. The monoisotopic (exact) mass is 1970 g/mol. The Bertz CT molecular complexity index is 6540. The molecule has 7 aromatic carbocycles. The maximum Gasteiger partial charge on any atom is 0.425 e. The lowest BCUT2D eigenvalue weighted by Crippen LogP contribution is -2.28. The van der Waals surface area contributed by atoms with Crippen molar-refractivity contribution in [1.29, 1.82) is 0 Å². The molecule has 2 aromatic heterocycles. The number of hydrogen-bond donors (Lipinski definition) is 3. The minimum Gasteiger partial charge on any atom is -0.748 e. The Kier molecular flexibility index (Phi) is 47.6. The van der Waals surface area contributed by atoms with E-state index in [9.17, 15) is 49.9 Å². The van der Waals surface area contributed by atoms with Crippen molar-refractivity contribution in [1.82, 2.24) is 20.6 Å². The lowest BCUT2D eigenvalue weighted by molar-refractivity contribution is -0.438. The molecular formula is C86H93N9O29S8. The van der Waals surface area contributed by atoms with Crippen LogP contribution in [-0.2, 0) is 99.5 Å². The number of pyridine rings is 2. The summed E-state index contributed by atoms with van der Waals surface area (Å²) in [6.07, 6.45) is 15.2. The third kappa shape index (κ3) is 39.2. The maximum absolute atomic E-state index is 12.9. The Labute approximate surface area is 771 Å². The number of aromatic nitrogens is 2. The van der Waals surface area contributed by atoms with Gasteiger partial charge in [0.2, 0.25) is 17.3 Å². The Balaban J connectivity index is 0.000000485. The van der Waals surface area contributed by atoms with Gasteiger partial charge in [-0.25, -0.2) is 26.8 Å². The normalized spacial score (nSPS) is 12.3. The van der Waals surface area contributed by atoms with Gasteiger partial charge >= 0.3 is 63.7 Å². The average Bonchev–Trinajstić information content (AvgIpc) is 1.57. The predicted octanol–water partition coefficient (Wildman–Crippen LogP) is 10.0. The van der Waals surface area contributed by atoms with Crippen LogP contribution in [0.5, 0.6) is 0 Å². The number of carbonyl (C=O) groups excluding carboxylic acids is 5. The number of carbonyl (C=O) groups is 5. The average molecular weight is 1970 g/mol. The smallest absolute Gasteiger partial charge is 0.425 e. The molecule has 132 heavy (non-hydrogen) atoms. The largest absolute Gasteiger partial charge is 0.748 e. The second-order valence-electron chi connectivity index (χ2n) is 28.5. The molecule has 0 fully saturated rings. The maximum atomic E-state index is 12.9. The van der Waals surface area contributed by atoms with Crippen LogP contribution in [0, 0.1) is 0 Å². The standard InChI is InChI=1S/C41H44N4O6S.C30H35N3O5S.C15H14N2.6O3S/c1-6-14-37(47)34-26-31(27-35(43-34)40(48)42-7-2)29-18-20-33-30(25-29)19-21-36-39(33)41(4,5)38(45(36)23-13-24-52(49,50)51)17-11-12-22-44(28(3)46)32-15-9-8-10-16-32;1-6-9-27(34)24-17-22(18-25(32-24)29(35)31-7-2)20-10-12-23-21(16-20)11-13-26-28(23)30(4,5)19(3)33(26)14-8-15-39(36,37)38;1-3-8-14(9-4-1)16-12-7-13-17-15-10-5-2-6-11-15;6*1-4(2)3/h8-12,15-22,25-27H,6-7,13-14,23-24H2,1-5H3,(H-,42,48,49,50,51);10-13,16-18H,6-9,14-15H2,1-5H3,(H-,31,35,36,37,38);1-13,16H;;;;;;/b;;12-7+,17-13?;;;;;;. The number of allylic oxidation sites excluding steroid dienone is 4. The van der Waals surface area contributed by atoms with Crippen molar-refractivity contribution >= 4 is 181 Å². The number of anilines is 2. The molecule has 3 N–H and O–H groups in total. The first-order chi connectivity index (χ1) is 62.0. The highest BCUT2D eigenvalue weighted by atomic mass is 32.2. The summed E-state index contributed by atoms with van der Waals surface area (Å²) in [5.74, 6) is -1.90. The number of fused-ring (bicyclic) bond motifs is 6. The number of benzene rings is 7. The van der Waals surface area contributed by atoms with Crippen LogP contribution in [0.4, 0.5) is 28.4 Å². The lowest BCUT2D eigenvalue weighted by atomic mass is 9.78. The fourth-order valence-corrected chi connectivity index (χ4v) is 14.4. The second-order valence-corrected chi connectivity index (χ2v) is 34.0. The molecule has 0 spiro atoms. The Morgan fingerprint density at radius 2 is 0.841 bits per heavy atom. The van der Waals surface area contributed by atoms with Crippen molar-refractivity contribution in [2.45, 2.75) is 119 Å². The number of para-hydroxylation sites is 3. The highest BCUT2D eigenvalue weighted by Gasteiger charge is 2.46. The Morgan fingerprint density at radius 1 is 0.462 bits per heavy atom. The van der Waals surface area contributed by atoms with Gasteiger partial charge in [-0.15, -0.1) is 75.8 Å². The third-order valence-electron chi connectivity index (χ3n) is 18.8. The fraction of sp³-hybridized carbons (Fsp3) is 0.279. The number of ketones is 2. The molecule has 4 heterocycles. The molecule has 38 nitrogen and oxygen atoms in total. The van der Waals surface area contributed by atoms with E-state index in [-0.39, 0.29) is 70.3 Å². The summed E-state index contributed by atoms with van der Waals surface area (Å²) < 4.78 is 224. The molecule has 0 atom stereocenters. The van der Waals surface area contributed by atoms with Crippen LogP contribution in [-0.4, -0.2) is 205 Å².